The highest BCUT2D eigenvalue weighted by Crippen LogP contribution is 2.27. The highest BCUT2D eigenvalue weighted by atomic mass is 35.5. The van der Waals surface area contributed by atoms with E-state index in [2.05, 4.69) is 11.8 Å². The Hall–Kier alpha value is -1.39. The first-order valence-corrected chi connectivity index (χ1v) is 11.4. The van der Waals surface area contributed by atoms with Gasteiger partial charge in [0.15, 0.2) is 5.78 Å². The molecule has 0 radical (unpaired) electrons. The van der Waals surface area contributed by atoms with Gasteiger partial charge in [0.2, 0.25) is 0 Å². The van der Waals surface area contributed by atoms with Crippen molar-refractivity contribution in [1.29, 1.82) is 0 Å². The standard InChI is InChI=1S/C24H35ClN2O2/c1-17-6-5-11-27(16-17)19-9-12-26(13-10-19)23(29)20-8-7-18(14-21(20)25)22(28)15-24(2,3)4/h7-8,14,17,19H,5-6,9-13,15-16H2,1-4H3/t17-/m1/s1. The molecule has 1 atom stereocenters. The minimum atomic E-state index is -0.0749. The Morgan fingerprint density at radius 1 is 1.10 bits per heavy atom. The number of likely N-dealkylation sites (tertiary alicyclic amines) is 2. The van der Waals surface area contributed by atoms with Gasteiger partial charge in [-0.2, -0.15) is 0 Å². The minimum Gasteiger partial charge on any atom is -0.338 e. The largest absolute Gasteiger partial charge is 0.338 e. The molecule has 2 saturated heterocycles. The third-order valence-corrected chi connectivity index (χ3v) is 6.48. The topological polar surface area (TPSA) is 40.6 Å². The molecule has 0 N–H and O–H groups in total. The van der Waals surface area contributed by atoms with Crippen LogP contribution in [0.3, 0.4) is 0 Å². The summed E-state index contributed by atoms with van der Waals surface area (Å²) in [4.78, 5) is 30.0. The fraction of sp³-hybridized carbons (Fsp3) is 0.667. The monoisotopic (exact) mass is 418 g/mol. The number of benzene rings is 1. The maximum absolute atomic E-state index is 13.0. The van der Waals surface area contributed by atoms with Crippen LogP contribution in [0.5, 0.6) is 0 Å². The Labute approximate surface area is 180 Å². The number of halogens is 1. The van der Waals surface area contributed by atoms with Gasteiger partial charge in [-0.3, -0.25) is 14.5 Å². The molecule has 0 aromatic heterocycles. The molecule has 2 aliphatic heterocycles. The predicted octanol–water partition coefficient (Wildman–Crippen LogP) is 5.30. The zero-order valence-corrected chi connectivity index (χ0v) is 19.1. The number of amides is 1. The van der Waals surface area contributed by atoms with Crippen molar-refractivity contribution < 1.29 is 9.59 Å². The predicted molar refractivity (Wildman–Crippen MR) is 119 cm³/mol. The molecule has 29 heavy (non-hydrogen) atoms. The lowest BCUT2D eigenvalue weighted by molar-refractivity contribution is 0.0542. The highest BCUT2D eigenvalue weighted by molar-refractivity contribution is 6.34. The van der Waals surface area contributed by atoms with Gasteiger partial charge in [-0.1, -0.05) is 45.4 Å². The zero-order valence-electron chi connectivity index (χ0n) is 18.3. The van der Waals surface area contributed by atoms with E-state index in [-0.39, 0.29) is 17.1 Å². The number of carbonyl (C=O) groups is 2. The SMILES string of the molecule is C[C@@H]1CCCN(C2CCN(C(=O)c3ccc(C(=O)CC(C)(C)C)cc3Cl)CC2)C1. The molecule has 160 valence electrons. The molecule has 0 saturated carbocycles. The third-order valence-electron chi connectivity index (χ3n) is 6.17. The van der Waals surface area contributed by atoms with E-state index in [1.54, 1.807) is 18.2 Å². The lowest BCUT2D eigenvalue weighted by atomic mass is 9.87. The molecule has 0 spiro atoms. The first kappa shape index (κ1) is 22.3. The number of ketones is 1. The lowest BCUT2D eigenvalue weighted by Crippen LogP contribution is -2.49. The van der Waals surface area contributed by atoms with Gasteiger partial charge >= 0.3 is 0 Å². The summed E-state index contributed by atoms with van der Waals surface area (Å²) in [5, 5.41) is 0.377. The van der Waals surface area contributed by atoms with Crippen molar-refractivity contribution in [3.63, 3.8) is 0 Å². The first-order chi connectivity index (χ1) is 13.6. The van der Waals surface area contributed by atoms with Crippen molar-refractivity contribution in [2.75, 3.05) is 26.2 Å². The average molecular weight is 419 g/mol. The molecule has 2 heterocycles. The summed E-state index contributed by atoms with van der Waals surface area (Å²) in [6.45, 7) is 12.4. The van der Waals surface area contributed by atoms with Crippen molar-refractivity contribution in [1.82, 2.24) is 9.80 Å². The second-order valence-corrected chi connectivity index (χ2v) is 10.5. The van der Waals surface area contributed by atoms with Crippen LogP contribution in [0.25, 0.3) is 0 Å². The Bertz CT molecular complexity index is 748. The number of piperidine rings is 2. The molecule has 1 amide bonds. The quantitative estimate of drug-likeness (QED) is 0.623. The summed E-state index contributed by atoms with van der Waals surface area (Å²) >= 11 is 6.42. The van der Waals surface area contributed by atoms with Gasteiger partial charge < -0.3 is 4.90 Å². The van der Waals surface area contributed by atoms with Gasteiger partial charge in [-0.25, -0.2) is 0 Å². The molecule has 4 nitrogen and oxygen atoms in total. The fourth-order valence-electron chi connectivity index (χ4n) is 4.61. The van der Waals surface area contributed by atoms with Crippen LogP contribution in [0.2, 0.25) is 5.02 Å². The molecule has 1 aromatic rings. The molecule has 0 aliphatic carbocycles. The van der Waals surface area contributed by atoms with E-state index in [9.17, 15) is 9.59 Å². The average Bonchev–Trinajstić information content (AvgIpc) is 2.66. The Morgan fingerprint density at radius 3 is 2.38 bits per heavy atom. The summed E-state index contributed by atoms with van der Waals surface area (Å²) < 4.78 is 0. The third kappa shape index (κ3) is 5.82. The summed E-state index contributed by atoms with van der Waals surface area (Å²) in [6.07, 6.45) is 5.13. The van der Waals surface area contributed by atoms with Crippen LogP contribution in [0.4, 0.5) is 0 Å². The smallest absolute Gasteiger partial charge is 0.255 e. The second-order valence-electron chi connectivity index (χ2n) is 10.1. The van der Waals surface area contributed by atoms with Crippen LogP contribution >= 0.6 is 11.6 Å². The zero-order chi connectivity index (χ0) is 21.2. The van der Waals surface area contributed by atoms with E-state index >= 15 is 0 Å². The molecule has 3 rings (SSSR count). The molecular weight excluding hydrogens is 384 g/mol. The molecule has 0 bridgehead atoms. The summed E-state index contributed by atoms with van der Waals surface area (Å²) in [7, 11) is 0. The molecule has 5 heteroatoms. The maximum Gasteiger partial charge on any atom is 0.255 e. The summed E-state index contributed by atoms with van der Waals surface area (Å²) in [5.41, 5.74) is 1.01. The van der Waals surface area contributed by atoms with Gasteiger partial charge in [0.25, 0.3) is 5.91 Å². The van der Waals surface area contributed by atoms with Crippen molar-refractivity contribution in [2.45, 2.75) is 65.8 Å². The number of nitrogens with zero attached hydrogens (tertiary/aromatic N) is 2. The van der Waals surface area contributed by atoms with E-state index < -0.39 is 0 Å². The van der Waals surface area contributed by atoms with Crippen molar-refractivity contribution in [3.8, 4) is 0 Å². The number of carbonyl (C=O) groups excluding carboxylic acids is 2. The van der Waals surface area contributed by atoms with E-state index in [4.69, 9.17) is 11.6 Å². The Kier molecular flexibility index (Phi) is 7.06. The van der Waals surface area contributed by atoms with E-state index in [0.717, 1.165) is 31.8 Å². The van der Waals surface area contributed by atoms with Crippen LogP contribution in [-0.4, -0.2) is 53.7 Å². The van der Waals surface area contributed by atoms with Gasteiger partial charge in [0.05, 0.1) is 10.6 Å². The van der Waals surface area contributed by atoms with Crippen molar-refractivity contribution in [2.24, 2.45) is 11.3 Å². The Balaban J connectivity index is 1.60. The molecule has 1 aromatic carbocycles. The van der Waals surface area contributed by atoms with Gasteiger partial charge in [0, 0.05) is 37.7 Å². The minimum absolute atomic E-state index is 0.0183. The molecule has 2 aliphatic rings. The normalized spacial score (nSPS) is 22.0. The number of rotatable bonds is 4. The molecule has 2 fully saturated rings. The van der Waals surface area contributed by atoms with Gasteiger partial charge in [-0.15, -0.1) is 0 Å². The van der Waals surface area contributed by atoms with Crippen LogP contribution in [0, 0.1) is 11.3 Å². The Morgan fingerprint density at radius 2 is 1.79 bits per heavy atom. The van der Waals surface area contributed by atoms with Gasteiger partial charge in [0.1, 0.15) is 0 Å². The highest BCUT2D eigenvalue weighted by Gasteiger charge is 2.30. The number of hydrogen-bond acceptors (Lipinski definition) is 3. The van der Waals surface area contributed by atoms with Crippen molar-refractivity contribution in [3.05, 3.63) is 34.3 Å². The first-order valence-electron chi connectivity index (χ1n) is 11.0. The lowest BCUT2D eigenvalue weighted by Gasteiger charge is -2.41. The van der Waals surface area contributed by atoms with E-state index in [1.807, 2.05) is 25.7 Å². The maximum atomic E-state index is 13.0. The summed E-state index contributed by atoms with van der Waals surface area (Å²) in [5.74, 6) is 0.826. The number of Topliss-reactive ketones (excluding diaryl/α,β-unsaturated/α-hetero) is 1. The van der Waals surface area contributed by atoms with E-state index in [0.29, 0.717) is 28.6 Å². The molecular formula is C24H35ClN2O2. The van der Waals surface area contributed by atoms with Crippen LogP contribution in [0.15, 0.2) is 18.2 Å². The fourth-order valence-corrected chi connectivity index (χ4v) is 4.87. The van der Waals surface area contributed by atoms with Crippen molar-refractivity contribution >= 4 is 23.3 Å². The summed E-state index contributed by atoms with van der Waals surface area (Å²) in [6, 6.07) is 5.72. The van der Waals surface area contributed by atoms with Crippen LogP contribution in [0.1, 0.15) is 80.5 Å². The van der Waals surface area contributed by atoms with Crippen LogP contribution in [-0.2, 0) is 0 Å². The van der Waals surface area contributed by atoms with E-state index in [1.165, 1.54) is 25.9 Å². The van der Waals surface area contributed by atoms with Gasteiger partial charge in [-0.05, 0) is 55.7 Å². The van der Waals surface area contributed by atoms with Crippen LogP contribution < -0.4 is 0 Å². The number of hydrogen-bond donors (Lipinski definition) is 0. The molecule has 0 unspecified atom stereocenters. The second kappa shape index (κ2) is 9.18.